The van der Waals surface area contributed by atoms with Crippen LogP contribution in [0.15, 0.2) is 156 Å². The Bertz CT molecular complexity index is 2870. The molecular formula is C43H25N3OS. The van der Waals surface area contributed by atoms with E-state index >= 15 is 0 Å². The van der Waals surface area contributed by atoms with E-state index in [0.717, 1.165) is 55.1 Å². The lowest BCUT2D eigenvalue weighted by Gasteiger charge is -2.11. The second-order valence-corrected chi connectivity index (χ2v) is 13.1. The normalized spacial score (nSPS) is 11.8. The largest absolute Gasteiger partial charge is 0.456 e. The van der Waals surface area contributed by atoms with E-state index in [-0.39, 0.29) is 0 Å². The lowest BCUT2D eigenvalue weighted by Crippen LogP contribution is -2.00. The second-order valence-electron chi connectivity index (χ2n) is 12.0. The van der Waals surface area contributed by atoms with Gasteiger partial charge >= 0.3 is 0 Å². The first-order valence-electron chi connectivity index (χ1n) is 15.9. The Hall–Kier alpha value is -6.17. The van der Waals surface area contributed by atoms with E-state index in [0.29, 0.717) is 17.5 Å². The van der Waals surface area contributed by atoms with Gasteiger partial charge in [0.1, 0.15) is 11.2 Å². The molecule has 0 spiro atoms. The third-order valence-corrected chi connectivity index (χ3v) is 10.2. The Morgan fingerprint density at radius 3 is 1.90 bits per heavy atom. The molecule has 5 heteroatoms. The van der Waals surface area contributed by atoms with Crippen LogP contribution in [0, 0.1) is 0 Å². The highest BCUT2D eigenvalue weighted by molar-refractivity contribution is 7.25. The Balaban J connectivity index is 1.16. The summed E-state index contributed by atoms with van der Waals surface area (Å²) >= 11 is 1.80. The third kappa shape index (κ3) is 4.40. The van der Waals surface area contributed by atoms with Crippen molar-refractivity contribution >= 4 is 64.2 Å². The third-order valence-electron chi connectivity index (χ3n) is 9.11. The van der Waals surface area contributed by atoms with Crippen LogP contribution in [0.3, 0.4) is 0 Å². The summed E-state index contributed by atoms with van der Waals surface area (Å²) in [5.74, 6) is 1.92. The number of nitrogens with zero attached hydrogens (tertiary/aromatic N) is 3. The van der Waals surface area contributed by atoms with Gasteiger partial charge in [0.15, 0.2) is 17.5 Å². The molecule has 0 saturated carbocycles. The molecule has 0 radical (unpaired) electrons. The number of rotatable bonds is 4. The molecule has 0 aliphatic rings. The molecule has 4 nitrogen and oxygen atoms in total. The number of hydrogen-bond donors (Lipinski definition) is 0. The lowest BCUT2D eigenvalue weighted by atomic mass is 9.98. The summed E-state index contributed by atoms with van der Waals surface area (Å²) in [6, 6.07) is 52.8. The highest BCUT2D eigenvalue weighted by atomic mass is 32.1. The van der Waals surface area contributed by atoms with Gasteiger partial charge in [-0.05, 0) is 58.3 Å². The molecule has 0 bridgehead atoms. The Morgan fingerprint density at radius 2 is 1.02 bits per heavy atom. The van der Waals surface area contributed by atoms with Crippen molar-refractivity contribution in [1.29, 1.82) is 0 Å². The van der Waals surface area contributed by atoms with Crippen molar-refractivity contribution in [2.45, 2.75) is 0 Å². The van der Waals surface area contributed by atoms with Crippen molar-refractivity contribution < 1.29 is 4.42 Å². The van der Waals surface area contributed by atoms with E-state index < -0.39 is 0 Å². The number of hydrogen-bond acceptors (Lipinski definition) is 5. The minimum absolute atomic E-state index is 0.630. The minimum Gasteiger partial charge on any atom is -0.456 e. The molecule has 0 atom stereocenters. The van der Waals surface area contributed by atoms with Crippen molar-refractivity contribution in [3.8, 4) is 45.3 Å². The molecule has 10 aromatic rings. The fourth-order valence-corrected chi connectivity index (χ4v) is 7.94. The molecule has 0 fully saturated rings. The first-order valence-corrected chi connectivity index (χ1v) is 16.7. The predicted octanol–water partition coefficient (Wildman–Crippen LogP) is 12.0. The average molecular weight is 632 g/mol. The van der Waals surface area contributed by atoms with Crippen molar-refractivity contribution in [2.24, 2.45) is 0 Å². The highest BCUT2D eigenvalue weighted by Gasteiger charge is 2.17. The van der Waals surface area contributed by atoms with Gasteiger partial charge < -0.3 is 4.42 Å². The van der Waals surface area contributed by atoms with Crippen LogP contribution in [-0.2, 0) is 0 Å². The minimum atomic E-state index is 0.630. The number of benzene rings is 7. The molecule has 0 N–H and O–H groups in total. The molecule has 48 heavy (non-hydrogen) atoms. The Kier molecular flexibility index (Phi) is 6.01. The standard InChI is InChI=1S/C43H25N3OS/c1-2-10-27-23-30(20-19-26(27)9-1)42-44-41(45-43(46-42)31-21-22-34-33-13-4-6-18-38(33)48-39(34)25-31)29-12-7-11-28(24-29)32-15-8-17-37-40(32)35-14-3-5-16-36(35)47-37/h1-25H. The zero-order chi connectivity index (χ0) is 31.6. The van der Waals surface area contributed by atoms with Gasteiger partial charge in [-0.3, -0.25) is 0 Å². The van der Waals surface area contributed by atoms with Crippen LogP contribution >= 0.6 is 11.3 Å². The van der Waals surface area contributed by atoms with Crippen LogP contribution in [0.5, 0.6) is 0 Å². The maximum Gasteiger partial charge on any atom is 0.164 e. The van der Waals surface area contributed by atoms with Crippen molar-refractivity contribution in [3.63, 3.8) is 0 Å². The van der Waals surface area contributed by atoms with E-state index in [2.05, 4.69) is 133 Å². The van der Waals surface area contributed by atoms with Gasteiger partial charge in [-0.25, -0.2) is 15.0 Å². The quantitative estimate of drug-likeness (QED) is 0.194. The Morgan fingerprint density at radius 1 is 0.396 bits per heavy atom. The van der Waals surface area contributed by atoms with Gasteiger partial charge in [0.2, 0.25) is 0 Å². The van der Waals surface area contributed by atoms with E-state index in [1.807, 2.05) is 18.2 Å². The molecule has 3 aromatic heterocycles. The van der Waals surface area contributed by atoms with Gasteiger partial charge in [-0.2, -0.15) is 0 Å². The van der Waals surface area contributed by atoms with Crippen molar-refractivity contribution in [3.05, 3.63) is 152 Å². The van der Waals surface area contributed by atoms with Crippen LogP contribution in [0.25, 0.3) is 98.2 Å². The topological polar surface area (TPSA) is 51.8 Å². The molecular weight excluding hydrogens is 607 g/mol. The molecule has 224 valence electrons. The molecule has 10 rings (SSSR count). The van der Waals surface area contributed by atoms with E-state index in [9.17, 15) is 0 Å². The summed E-state index contributed by atoms with van der Waals surface area (Å²) in [5.41, 5.74) is 6.78. The van der Waals surface area contributed by atoms with Crippen LogP contribution < -0.4 is 0 Å². The maximum absolute atomic E-state index is 6.21. The molecule has 0 amide bonds. The number of aromatic nitrogens is 3. The zero-order valence-electron chi connectivity index (χ0n) is 25.6. The van der Waals surface area contributed by atoms with Crippen LogP contribution in [-0.4, -0.2) is 15.0 Å². The monoisotopic (exact) mass is 631 g/mol. The number of thiophene rings is 1. The van der Waals surface area contributed by atoms with Crippen LogP contribution in [0.4, 0.5) is 0 Å². The van der Waals surface area contributed by atoms with E-state index in [4.69, 9.17) is 19.4 Å². The highest BCUT2D eigenvalue weighted by Crippen LogP contribution is 2.39. The number of para-hydroxylation sites is 1. The smallest absolute Gasteiger partial charge is 0.164 e. The summed E-state index contributed by atoms with van der Waals surface area (Å²) in [6.45, 7) is 0. The fraction of sp³-hybridized carbons (Fsp3) is 0. The summed E-state index contributed by atoms with van der Waals surface area (Å²) < 4.78 is 8.69. The number of fused-ring (bicyclic) bond motifs is 7. The van der Waals surface area contributed by atoms with Gasteiger partial charge in [0.25, 0.3) is 0 Å². The van der Waals surface area contributed by atoms with Gasteiger partial charge in [0.05, 0.1) is 0 Å². The molecule has 3 heterocycles. The lowest BCUT2D eigenvalue weighted by molar-refractivity contribution is 0.669. The van der Waals surface area contributed by atoms with Gasteiger partial charge in [-0.1, -0.05) is 115 Å². The molecule has 0 unspecified atom stereocenters. The maximum atomic E-state index is 6.21. The molecule has 0 saturated heterocycles. The second kappa shape index (κ2) is 10.7. The SMILES string of the molecule is c1cc(-c2nc(-c3ccc4ccccc4c3)nc(-c3ccc4c(c3)sc3ccccc34)n2)cc(-c2cccc3oc4ccccc4c23)c1. The van der Waals surface area contributed by atoms with Gasteiger partial charge in [-0.15, -0.1) is 11.3 Å². The summed E-state index contributed by atoms with van der Waals surface area (Å²) in [5, 5.41) is 7.06. The predicted molar refractivity (Wildman–Crippen MR) is 199 cm³/mol. The molecule has 0 aliphatic heterocycles. The van der Waals surface area contributed by atoms with Gasteiger partial charge in [0, 0.05) is 47.6 Å². The number of furan rings is 1. The molecule has 0 aliphatic carbocycles. The summed E-state index contributed by atoms with van der Waals surface area (Å²) in [4.78, 5) is 15.3. The fourth-order valence-electron chi connectivity index (χ4n) is 6.80. The van der Waals surface area contributed by atoms with Crippen LogP contribution in [0.2, 0.25) is 0 Å². The van der Waals surface area contributed by atoms with Crippen molar-refractivity contribution in [2.75, 3.05) is 0 Å². The van der Waals surface area contributed by atoms with E-state index in [1.54, 1.807) is 11.3 Å². The summed E-state index contributed by atoms with van der Waals surface area (Å²) in [7, 11) is 0. The van der Waals surface area contributed by atoms with Crippen LogP contribution in [0.1, 0.15) is 0 Å². The van der Waals surface area contributed by atoms with E-state index in [1.165, 1.54) is 25.6 Å². The first-order chi connectivity index (χ1) is 23.7. The summed E-state index contributed by atoms with van der Waals surface area (Å²) in [6.07, 6.45) is 0. The zero-order valence-corrected chi connectivity index (χ0v) is 26.4. The average Bonchev–Trinajstić information content (AvgIpc) is 3.72. The van der Waals surface area contributed by atoms with Crippen molar-refractivity contribution in [1.82, 2.24) is 15.0 Å². The Labute approximate surface area is 279 Å². The first kappa shape index (κ1) is 27.0. The molecule has 7 aromatic carbocycles.